The Bertz CT molecular complexity index is 1660. The predicted molar refractivity (Wildman–Crippen MR) is 150 cm³/mol. The molecular weight excluding hydrogens is 631 g/mol. The Labute approximate surface area is 248 Å². The molecule has 1 unspecified atom stereocenters. The highest BCUT2D eigenvalue weighted by atomic mass is 32.2. The third kappa shape index (κ3) is 5.36. The number of nitrogens with zero attached hydrogens (tertiary/aromatic N) is 2. The fourth-order valence-electron chi connectivity index (χ4n) is 4.29. The number of sulfonamides is 2. The van der Waals surface area contributed by atoms with E-state index in [1.807, 2.05) is 0 Å². The first-order valence-electron chi connectivity index (χ1n) is 12.4. The van der Waals surface area contributed by atoms with Crippen LogP contribution in [0.5, 0.6) is 0 Å². The second-order valence-corrected chi connectivity index (χ2v) is 14.4. The van der Waals surface area contributed by atoms with Crippen molar-refractivity contribution in [1.82, 2.24) is 8.61 Å². The van der Waals surface area contributed by atoms with E-state index in [0.29, 0.717) is 0 Å². The maximum Gasteiger partial charge on any atom is 0.357 e. The van der Waals surface area contributed by atoms with Gasteiger partial charge in [0.15, 0.2) is 5.29 Å². The van der Waals surface area contributed by atoms with Crippen LogP contribution in [0.25, 0.3) is 0 Å². The van der Waals surface area contributed by atoms with Gasteiger partial charge >= 0.3 is 18.0 Å². The van der Waals surface area contributed by atoms with E-state index in [0.717, 1.165) is 45.6 Å². The largest absolute Gasteiger partial charge is 0.464 e. The molecule has 3 amide bonds. The molecule has 1 aliphatic rings. The van der Waals surface area contributed by atoms with Crippen molar-refractivity contribution in [3.63, 3.8) is 0 Å². The molecule has 0 radical (unpaired) electrons. The van der Waals surface area contributed by atoms with Crippen molar-refractivity contribution < 1.29 is 59.1 Å². The van der Waals surface area contributed by atoms with Crippen molar-refractivity contribution in [1.29, 1.82) is 0 Å². The topological polar surface area (TPSA) is 189 Å². The summed E-state index contributed by atoms with van der Waals surface area (Å²) in [6.07, 6.45) is 0. The fourth-order valence-corrected chi connectivity index (χ4v) is 9.33. The average molecular weight is 661 g/mol. The lowest BCUT2D eigenvalue weighted by Gasteiger charge is -2.36. The molecule has 1 atom stereocenters. The molecule has 0 aromatic heterocycles. The normalized spacial score (nSPS) is 17.6. The Balaban J connectivity index is 2.68. The number of amides is 3. The van der Waals surface area contributed by atoms with Crippen LogP contribution in [0, 0.1) is 0 Å². The predicted octanol–water partition coefficient (Wildman–Crippen LogP) is 1.77. The van der Waals surface area contributed by atoms with Crippen molar-refractivity contribution in [2.24, 2.45) is 0 Å². The van der Waals surface area contributed by atoms with Crippen LogP contribution in [0.3, 0.4) is 0 Å². The Morgan fingerprint density at radius 2 is 1.19 bits per heavy atom. The zero-order valence-electron chi connectivity index (χ0n) is 23.7. The van der Waals surface area contributed by atoms with Gasteiger partial charge in [-0.3, -0.25) is 4.79 Å². The first kappa shape index (κ1) is 33.9. The second-order valence-electron chi connectivity index (χ2n) is 8.30. The Morgan fingerprint density at radius 1 is 0.744 bits per heavy atom. The summed E-state index contributed by atoms with van der Waals surface area (Å²) in [6, 6.07) is 10.1. The van der Waals surface area contributed by atoms with E-state index in [4.69, 9.17) is 23.0 Å². The van der Waals surface area contributed by atoms with Gasteiger partial charge in [0.05, 0.1) is 23.0 Å². The number of benzene rings is 2. The molecule has 0 N–H and O–H groups in total. The van der Waals surface area contributed by atoms with E-state index in [9.17, 15) is 36.0 Å². The molecular formula is C25H29N2O13PS2. The van der Waals surface area contributed by atoms with Crippen LogP contribution in [0.4, 0.5) is 4.79 Å². The number of rotatable bonds is 12. The van der Waals surface area contributed by atoms with Crippen molar-refractivity contribution >= 4 is 56.8 Å². The van der Waals surface area contributed by atoms with Gasteiger partial charge in [0.2, 0.25) is 0 Å². The first-order valence-corrected chi connectivity index (χ1v) is 16.8. The minimum atomic E-state index is -5.37. The van der Waals surface area contributed by atoms with Crippen molar-refractivity contribution in [2.45, 2.75) is 29.2 Å². The number of urea groups is 1. The van der Waals surface area contributed by atoms with Gasteiger partial charge in [-0.25, -0.2) is 31.2 Å². The molecule has 0 bridgehead atoms. The molecule has 0 spiro atoms. The molecule has 1 heterocycles. The van der Waals surface area contributed by atoms with Gasteiger partial charge in [0.25, 0.3) is 39.1 Å². The van der Waals surface area contributed by atoms with Crippen LogP contribution in [-0.4, -0.2) is 94.7 Å². The summed E-state index contributed by atoms with van der Waals surface area (Å²) in [6.45, 7) is 1.74. The van der Waals surface area contributed by atoms with Crippen molar-refractivity contribution in [2.75, 3.05) is 34.5 Å². The van der Waals surface area contributed by atoms with E-state index in [1.165, 1.54) is 50.2 Å². The van der Waals surface area contributed by atoms with Gasteiger partial charge in [0, 0.05) is 21.3 Å². The standard InChI is InChI=1S/C25H29N2O13PS2/c1-6-39-21(28)20(41(36-3,37-4)38-5)25(23(30)40-7-2)22(29)26(42(32,33)18-14-10-8-11-15-18)24(31)27(25)43(34,35)19-16-12-9-13-17-19/h8-17H,6-7H2,1-5H3. The quantitative estimate of drug-likeness (QED) is 0.139. The van der Waals surface area contributed by atoms with Gasteiger partial charge in [-0.2, -0.15) is 4.31 Å². The number of carbonyl (C=O) groups is 4. The van der Waals surface area contributed by atoms with Gasteiger partial charge in [-0.1, -0.05) is 36.4 Å². The van der Waals surface area contributed by atoms with Crippen LogP contribution in [0.2, 0.25) is 0 Å². The smallest absolute Gasteiger partial charge is 0.357 e. The summed E-state index contributed by atoms with van der Waals surface area (Å²) in [5, 5.41) is -1.25. The zero-order valence-corrected chi connectivity index (χ0v) is 26.2. The van der Waals surface area contributed by atoms with E-state index in [-0.39, 0.29) is 4.31 Å². The number of hydrogen-bond acceptors (Lipinski definition) is 13. The van der Waals surface area contributed by atoms with Crippen molar-refractivity contribution in [3.05, 3.63) is 60.7 Å². The highest BCUT2D eigenvalue weighted by Crippen LogP contribution is 2.55. The Morgan fingerprint density at radius 3 is 1.60 bits per heavy atom. The van der Waals surface area contributed by atoms with E-state index in [1.54, 1.807) is 0 Å². The van der Waals surface area contributed by atoms with E-state index >= 15 is 0 Å². The summed E-state index contributed by atoms with van der Waals surface area (Å²) in [7, 11) is -12.2. The number of carbonyl (C=O) groups excluding carboxylic acids is 4. The highest BCUT2D eigenvalue weighted by molar-refractivity contribution is 7.91. The minimum Gasteiger partial charge on any atom is -0.464 e. The maximum absolute atomic E-state index is 14.5. The third-order valence-corrected chi connectivity index (χ3v) is 12.0. The number of hydrogen-bond donors (Lipinski definition) is 0. The minimum absolute atomic E-state index is 0.325. The van der Waals surface area contributed by atoms with Gasteiger partial charge in [-0.15, -0.1) is 4.31 Å². The summed E-state index contributed by atoms with van der Waals surface area (Å²) in [5.41, 5.74) is -3.72. The lowest BCUT2D eigenvalue weighted by atomic mass is 9.95. The third-order valence-electron chi connectivity index (χ3n) is 6.09. The number of esters is 2. The van der Waals surface area contributed by atoms with Crippen LogP contribution in [-0.2, 0) is 57.5 Å². The molecule has 2 aromatic carbocycles. The van der Waals surface area contributed by atoms with Crippen LogP contribution in [0.1, 0.15) is 13.8 Å². The summed E-state index contributed by atoms with van der Waals surface area (Å²) >= 11 is 0. The summed E-state index contributed by atoms with van der Waals surface area (Å²) in [4.78, 5) is 55.2. The van der Waals surface area contributed by atoms with Crippen LogP contribution >= 0.6 is 7.57 Å². The summed E-state index contributed by atoms with van der Waals surface area (Å²) in [5.74, 6) is -5.39. The van der Waals surface area contributed by atoms with E-state index < -0.39 is 89.6 Å². The number of imide groups is 1. The van der Waals surface area contributed by atoms with Crippen molar-refractivity contribution in [3.8, 4) is 0 Å². The molecule has 0 saturated carbocycles. The Kier molecular flexibility index (Phi) is 10.2. The maximum atomic E-state index is 14.5. The molecule has 234 valence electrons. The molecule has 0 aliphatic carbocycles. The molecule has 1 fully saturated rings. The molecule has 3 rings (SSSR count). The second kappa shape index (κ2) is 13.0. The molecule has 18 heteroatoms. The lowest BCUT2D eigenvalue weighted by molar-refractivity contribution is -0.154. The SMILES string of the molecule is CCOC(=O)C(C1(C(=O)OCC)C(=O)N(S(=O)(=O)c2ccccc2)C(=O)N1S(=O)(=O)c1ccccc1)=P(OC)(OC)OC. The van der Waals surface area contributed by atoms with Gasteiger partial charge in [0.1, 0.15) is 0 Å². The molecule has 1 saturated heterocycles. The summed E-state index contributed by atoms with van der Waals surface area (Å²) < 4.78 is 81.6. The first-order chi connectivity index (χ1) is 20.3. The lowest BCUT2D eigenvalue weighted by Crippen LogP contribution is -2.66. The molecule has 15 nitrogen and oxygen atoms in total. The van der Waals surface area contributed by atoms with Gasteiger partial charge in [-0.05, 0) is 38.1 Å². The molecule has 43 heavy (non-hydrogen) atoms. The molecule has 2 aromatic rings. The Hall–Kier alpha value is -3.60. The highest BCUT2D eigenvalue weighted by Gasteiger charge is 2.75. The monoisotopic (exact) mass is 660 g/mol. The van der Waals surface area contributed by atoms with Crippen LogP contribution < -0.4 is 0 Å². The van der Waals surface area contributed by atoms with Crippen LogP contribution in [0.15, 0.2) is 70.5 Å². The zero-order chi connectivity index (χ0) is 32.2. The van der Waals surface area contributed by atoms with Gasteiger partial charge < -0.3 is 23.0 Å². The average Bonchev–Trinajstić information content (AvgIpc) is 3.24. The number of ether oxygens (including phenoxy) is 2. The molecule has 1 aliphatic heterocycles. The van der Waals surface area contributed by atoms with E-state index in [2.05, 4.69) is 0 Å². The fraction of sp³-hybridized carbons (Fsp3) is 0.320.